The van der Waals surface area contributed by atoms with Crippen LogP contribution in [0.3, 0.4) is 0 Å². The van der Waals surface area contributed by atoms with E-state index >= 15 is 0 Å². The molecule has 12 heteroatoms. The number of thioether (sulfide) groups is 1. The van der Waals surface area contributed by atoms with Crippen molar-refractivity contribution in [2.45, 2.75) is 37.7 Å². The lowest BCUT2D eigenvalue weighted by molar-refractivity contribution is -0.143. The zero-order chi connectivity index (χ0) is 30.8. The number of amides is 1. The molecule has 5 nitrogen and oxygen atoms in total. The number of nitrogens with zero attached hydrogens (tertiary/aromatic N) is 2. The second kappa shape index (κ2) is 12.4. The van der Waals surface area contributed by atoms with Crippen LogP contribution in [-0.2, 0) is 23.8 Å². The second-order valence-electron chi connectivity index (χ2n) is 10.0. The number of carbonyl (C=O) groups is 1. The summed E-state index contributed by atoms with van der Waals surface area (Å²) in [5, 5.41) is 0.645. The van der Waals surface area contributed by atoms with E-state index in [0.717, 1.165) is 32.0 Å². The van der Waals surface area contributed by atoms with Gasteiger partial charge in [0.05, 0.1) is 23.1 Å². The summed E-state index contributed by atoms with van der Waals surface area (Å²) in [5.74, 6) is 0.352. The van der Waals surface area contributed by atoms with Crippen LogP contribution in [-0.4, -0.2) is 36.2 Å². The van der Waals surface area contributed by atoms with E-state index in [2.05, 4.69) is 22.0 Å². The van der Waals surface area contributed by atoms with E-state index in [-0.39, 0.29) is 23.5 Å². The molecule has 2 aliphatic rings. The van der Waals surface area contributed by atoms with Crippen molar-refractivity contribution < 1.29 is 40.6 Å². The van der Waals surface area contributed by atoms with Gasteiger partial charge in [-0.15, -0.1) is 0 Å². The van der Waals surface area contributed by atoms with Gasteiger partial charge >= 0.3 is 12.4 Å². The Labute approximate surface area is 248 Å². The minimum Gasteiger partial charge on any atom is -0.493 e. The molecule has 2 heterocycles. The van der Waals surface area contributed by atoms with E-state index in [1.54, 1.807) is 18.2 Å². The lowest BCUT2D eigenvalue weighted by atomic mass is 9.90. The molecular formula is C31H26F6N2O3S. The van der Waals surface area contributed by atoms with Gasteiger partial charge in [-0.1, -0.05) is 42.5 Å². The third-order valence-corrected chi connectivity index (χ3v) is 8.30. The molecule has 0 spiro atoms. The molecule has 1 amide bonds. The second-order valence-corrected chi connectivity index (χ2v) is 11.1. The molecule has 0 N–H and O–H groups in total. The quantitative estimate of drug-likeness (QED) is 0.206. The summed E-state index contributed by atoms with van der Waals surface area (Å²) in [5.41, 5.74) is -1.41. The van der Waals surface area contributed by atoms with E-state index in [9.17, 15) is 31.1 Å². The summed E-state index contributed by atoms with van der Waals surface area (Å²) >= 11 is 1.28. The van der Waals surface area contributed by atoms with E-state index in [1.807, 2.05) is 18.2 Å². The molecule has 43 heavy (non-hydrogen) atoms. The number of ether oxygens (including phenoxy) is 2. The molecule has 0 aliphatic carbocycles. The van der Waals surface area contributed by atoms with E-state index in [4.69, 9.17) is 9.47 Å². The van der Waals surface area contributed by atoms with Gasteiger partial charge in [-0.2, -0.15) is 31.3 Å². The van der Waals surface area contributed by atoms with Crippen molar-refractivity contribution in [2.24, 2.45) is 4.99 Å². The molecule has 0 atom stereocenters. The Morgan fingerprint density at radius 1 is 0.930 bits per heavy atom. The van der Waals surface area contributed by atoms with E-state index in [1.165, 1.54) is 30.5 Å². The minimum absolute atomic E-state index is 0.0727. The standard InChI is InChI=1S/C31H26F6N2O3S/c1-41-26-15-19(7-10-25(26)42-18-22-8-9-23(30(32,33)34)17-24(22)31(35,36)37)16-27-28(40)38-29(43-27)39-13-11-21(12-14-39)20-5-3-2-4-6-20/h2-10,15-17,21H,11-14,18H2,1H3/b27-16-. The molecule has 2 aliphatic heterocycles. The highest BCUT2D eigenvalue weighted by Gasteiger charge is 2.38. The van der Waals surface area contributed by atoms with Crippen LogP contribution >= 0.6 is 11.8 Å². The summed E-state index contributed by atoms with van der Waals surface area (Å²) < 4.78 is 90.3. The first-order valence-corrected chi connectivity index (χ1v) is 14.1. The number of likely N-dealkylation sites (tertiary alicyclic amines) is 1. The van der Waals surface area contributed by atoms with Gasteiger partial charge in [0.2, 0.25) is 0 Å². The molecular weight excluding hydrogens is 594 g/mol. The number of hydrogen-bond acceptors (Lipinski definition) is 5. The third kappa shape index (κ3) is 7.18. The summed E-state index contributed by atoms with van der Waals surface area (Å²) in [4.78, 5) is 19.4. The van der Waals surface area contributed by atoms with Crippen molar-refractivity contribution in [1.82, 2.24) is 4.90 Å². The van der Waals surface area contributed by atoms with Gasteiger partial charge in [-0.25, -0.2) is 0 Å². The van der Waals surface area contributed by atoms with E-state index < -0.39 is 35.6 Å². The van der Waals surface area contributed by atoms with Gasteiger partial charge < -0.3 is 14.4 Å². The Kier molecular flexibility index (Phi) is 8.77. The highest BCUT2D eigenvalue weighted by Crippen LogP contribution is 2.39. The molecule has 0 radical (unpaired) electrons. The molecule has 3 aromatic rings. The van der Waals surface area contributed by atoms with Crippen LogP contribution in [0.25, 0.3) is 6.08 Å². The zero-order valence-corrected chi connectivity index (χ0v) is 23.7. The first kappa shape index (κ1) is 30.5. The summed E-state index contributed by atoms with van der Waals surface area (Å²) in [6, 6.07) is 16.3. The molecule has 0 unspecified atom stereocenters. The molecule has 1 saturated heterocycles. The molecule has 0 bridgehead atoms. The first-order chi connectivity index (χ1) is 20.4. The maximum absolute atomic E-state index is 13.5. The van der Waals surface area contributed by atoms with Crippen molar-refractivity contribution in [3.63, 3.8) is 0 Å². The van der Waals surface area contributed by atoms with E-state index in [0.29, 0.717) is 27.6 Å². The number of aliphatic imine (C=N–C) groups is 1. The lowest BCUT2D eigenvalue weighted by Gasteiger charge is -2.32. The maximum atomic E-state index is 13.5. The van der Waals surface area contributed by atoms with Crippen LogP contribution in [0.1, 0.15) is 46.6 Å². The van der Waals surface area contributed by atoms with Gasteiger partial charge in [0.25, 0.3) is 5.91 Å². The Morgan fingerprint density at radius 3 is 2.30 bits per heavy atom. The number of piperidine rings is 1. The number of rotatable bonds is 6. The SMILES string of the molecule is COc1cc(/C=C2\SC(N3CCC(c4ccccc4)CC3)=NC2=O)ccc1OCc1ccc(C(F)(F)F)cc1C(F)(F)F. The van der Waals surface area contributed by atoms with Gasteiger partial charge in [0.15, 0.2) is 16.7 Å². The largest absolute Gasteiger partial charge is 0.493 e. The van der Waals surface area contributed by atoms with Crippen LogP contribution in [0.15, 0.2) is 76.6 Å². The highest BCUT2D eigenvalue weighted by molar-refractivity contribution is 8.18. The Balaban J connectivity index is 1.25. The van der Waals surface area contributed by atoms with Crippen LogP contribution in [0.4, 0.5) is 26.3 Å². The predicted molar refractivity (Wildman–Crippen MR) is 152 cm³/mol. The van der Waals surface area contributed by atoms with Crippen molar-refractivity contribution in [1.29, 1.82) is 0 Å². The maximum Gasteiger partial charge on any atom is 0.416 e. The fourth-order valence-corrected chi connectivity index (χ4v) is 5.97. The average molecular weight is 621 g/mol. The van der Waals surface area contributed by atoms with Gasteiger partial charge in [0.1, 0.15) is 6.61 Å². The van der Waals surface area contributed by atoms with Crippen LogP contribution in [0.5, 0.6) is 11.5 Å². The number of benzene rings is 3. The predicted octanol–water partition coefficient (Wildman–Crippen LogP) is 8.16. The number of hydrogen-bond donors (Lipinski definition) is 0. The van der Waals surface area contributed by atoms with Crippen LogP contribution in [0.2, 0.25) is 0 Å². The number of methoxy groups -OCH3 is 1. The third-order valence-electron chi connectivity index (χ3n) is 7.26. The fourth-order valence-electron chi connectivity index (χ4n) is 5.01. The molecule has 3 aromatic carbocycles. The normalized spacial score (nSPS) is 17.4. The van der Waals surface area contributed by atoms with Crippen molar-refractivity contribution in [2.75, 3.05) is 20.2 Å². The highest BCUT2D eigenvalue weighted by atomic mass is 32.2. The number of alkyl halides is 6. The van der Waals surface area contributed by atoms with Crippen LogP contribution in [0, 0.1) is 0 Å². The summed E-state index contributed by atoms with van der Waals surface area (Å²) in [6.07, 6.45) is -6.38. The van der Waals surface area contributed by atoms with Crippen LogP contribution < -0.4 is 9.47 Å². The van der Waals surface area contributed by atoms with Gasteiger partial charge in [-0.05, 0) is 72.0 Å². The zero-order valence-electron chi connectivity index (χ0n) is 22.8. The molecule has 226 valence electrons. The summed E-state index contributed by atoms with van der Waals surface area (Å²) in [6.45, 7) is 0.915. The Hall–Kier alpha value is -3.93. The number of amidine groups is 1. The molecule has 0 aromatic heterocycles. The van der Waals surface area contributed by atoms with Gasteiger partial charge in [0, 0.05) is 18.7 Å². The summed E-state index contributed by atoms with van der Waals surface area (Å²) in [7, 11) is 1.34. The van der Waals surface area contributed by atoms with Crippen molar-refractivity contribution in [3.05, 3.63) is 99.5 Å². The molecule has 1 fully saturated rings. The smallest absolute Gasteiger partial charge is 0.416 e. The Morgan fingerprint density at radius 2 is 1.65 bits per heavy atom. The van der Waals surface area contributed by atoms with Gasteiger partial charge in [-0.3, -0.25) is 4.79 Å². The van der Waals surface area contributed by atoms with Crippen molar-refractivity contribution >= 4 is 28.9 Å². The topological polar surface area (TPSA) is 51.1 Å². The molecule has 5 rings (SSSR count). The lowest BCUT2D eigenvalue weighted by Crippen LogP contribution is -2.35. The average Bonchev–Trinajstić information content (AvgIpc) is 3.35. The first-order valence-electron chi connectivity index (χ1n) is 13.3. The number of halogens is 6. The fraction of sp³-hybridized carbons (Fsp3) is 0.290. The number of carbonyl (C=O) groups excluding carboxylic acids is 1. The van der Waals surface area contributed by atoms with Crippen molar-refractivity contribution in [3.8, 4) is 11.5 Å². The Bertz CT molecular complexity index is 1550. The monoisotopic (exact) mass is 620 g/mol. The molecule has 0 saturated carbocycles. The minimum atomic E-state index is -5.01.